The summed E-state index contributed by atoms with van der Waals surface area (Å²) in [5.74, 6) is 0.315. The molecule has 3 N–H and O–H groups in total. The molecule has 0 unspecified atom stereocenters. The van der Waals surface area contributed by atoms with Gasteiger partial charge >= 0.3 is 0 Å². The first-order valence-electron chi connectivity index (χ1n) is 8.27. The van der Waals surface area contributed by atoms with Crippen LogP contribution in [0.4, 0.5) is 0 Å². The van der Waals surface area contributed by atoms with Crippen molar-refractivity contribution in [2.45, 2.75) is 70.9 Å². The van der Waals surface area contributed by atoms with Crippen LogP contribution in [-0.4, -0.2) is 53.6 Å². The van der Waals surface area contributed by atoms with Gasteiger partial charge in [0.15, 0.2) is 11.5 Å². The van der Waals surface area contributed by atoms with Gasteiger partial charge in [-0.15, -0.1) is 0 Å². The fourth-order valence-corrected chi connectivity index (χ4v) is 2.25. The second kappa shape index (κ2) is 10.8. The van der Waals surface area contributed by atoms with Gasteiger partial charge in [-0.05, 0) is 12.8 Å². The topological polar surface area (TPSA) is 88.4 Å². The van der Waals surface area contributed by atoms with E-state index >= 15 is 0 Å². The molecule has 0 bridgehead atoms. The van der Waals surface area contributed by atoms with Crippen LogP contribution in [0.15, 0.2) is 11.5 Å². The normalized spacial score (nSPS) is 25.4. The second-order valence-corrected chi connectivity index (χ2v) is 5.49. The van der Waals surface area contributed by atoms with Crippen LogP contribution in [-0.2, 0) is 14.2 Å². The minimum absolute atomic E-state index is 0.129. The van der Waals surface area contributed by atoms with Crippen molar-refractivity contribution in [1.29, 1.82) is 0 Å². The van der Waals surface area contributed by atoms with Gasteiger partial charge in [0.1, 0.15) is 12.2 Å². The van der Waals surface area contributed by atoms with Crippen molar-refractivity contribution in [1.82, 2.24) is 0 Å². The summed E-state index contributed by atoms with van der Waals surface area (Å²) in [6, 6.07) is 0. The van der Waals surface area contributed by atoms with E-state index in [0.29, 0.717) is 13.2 Å². The first-order valence-corrected chi connectivity index (χ1v) is 8.27. The molecule has 0 fully saturated rings. The molecule has 0 saturated heterocycles. The monoisotopic (exact) mass is 318 g/mol. The molecular weight excluding hydrogens is 288 g/mol. The van der Waals surface area contributed by atoms with Crippen molar-refractivity contribution >= 4 is 0 Å². The summed E-state index contributed by atoms with van der Waals surface area (Å²) in [7, 11) is 0. The van der Waals surface area contributed by atoms with Crippen LogP contribution in [0.1, 0.15) is 52.4 Å². The van der Waals surface area contributed by atoms with Crippen molar-refractivity contribution in [3.8, 4) is 0 Å². The maximum absolute atomic E-state index is 10.2. The molecule has 0 aromatic heterocycles. The molecule has 1 aliphatic heterocycles. The summed E-state index contributed by atoms with van der Waals surface area (Å²) in [5, 5.41) is 29.5. The smallest absolute Gasteiger partial charge is 0.218 e. The SMILES string of the molecule is CCCCCOC1=C(OCCCCC)[C@H](O)[C@@H](CO)O[C@@H]1O. The molecule has 0 aromatic carbocycles. The predicted molar refractivity (Wildman–Crippen MR) is 82.0 cm³/mol. The molecule has 1 heterocycles. The zero-order valence-corrected chi connectivity index (χ0v) is 13.7. The molecule has 1 rings (SSSR count). The molecule has 1 aliphatic rings. The number of unbranched alkanes of at least 4 members (excludes halogenated alkanes) is 4. The third-order valence-corrected chi connectivity index (χ3v) is 3.58. The van der Waals surface area contributed by atoms with Gasteiger partial charge in [0.25, 0.3) is 0 Å². The highest BCUT2D eigenvalue weighted by Crippen LogP contribution is 2.27. The molecule has 6 nitrogen and oxygen atoms in total. The Hall–Kier alpha value is -0.820. The quantitative estimate of drug-likeness (QED) is 0.502. The third-order valence-electron chi connectivity index (χ3n) is 3.58. The number of aliphatic hydroxyl groups excluding tert-OH is 3. The predicted octanol–water partition coefficient (Wildman–Crippen LogP) is 1.68. The van der Waals surface area contributed by atoms with E-state index in [1.165, 1.54) is 0 Å². The van der Waals surface area contributed by atoms with Crippen LogP contribution in [0.5, 0.6) is 0 Å². The van der Waals surface area contributed by atoms with Gasteiger partial charge in [-0.3, -0.25) is 0 Å². The van der Waals surface area contributed by atoms with Crippen LogP contribution in [0.25, 0.3) is 0 Å². The first-order chi connectivity index (χ1) is 10.7. The third kappa shape index (κ3) is 5.76. The molecule has 6 heteroatoms. The molecule has 3 atom stereocenters. The average molecular weight is 318 g/mol. The van der Waals surface area contributed by atoms with Gasteiger partial charge in [-0.2, -0.15) is 0 Å². The molecule has 22 heavy (non-hydrogen) atoms. The molecule has 0 aromatic rings. The Morgan fingerprint density at radius 2 is 1.45 bits per heavy atom. The summed E-state index contributed by atoms with van der Waals surface area (Å²) in [4.78, 5) is 0. The minimum atomic E-state index is -1.32. The van der Waals surface area contributed by atoms with E-state index in [0.717, 1.165) is 38.5 Å². The Bertz CT molecular complexity index is 331. The van der Waals surface area contributed by atoms with Gasteiger partial charge in [-0.25, -0.2) is 0 Å². The molecule has 0 saturated carbocycles. The molecule has 0 amide bonds. The maximum atomic E-state index is 10.2. The van der Waals surface area contributed by atoms with E-state index in [1.54, 1.807) is 0 Å². The van der Waals surface area contributed by atoms with Crippen molar-refractivity contribution in [3.63, 3.8) is 0 Å². The van der Waals surface area contributed by atoms with Gasteiger partial charge in [0.2, 0.25) is 6.29 Å². The summed E-state index contributed by atoms with van der Waals surface area (Å²) in [6.45, 7) is 4.66. The first kappa shape index (κ1) is 19.2. The molecule has 130 valence electrons. The molecular formula is C16H30O6. The highest BCUT2D eigenvalue weighted by Gasteiger charge is 2.38. The zero-order chi connectivity index (χ0) is 16.4. The van der Waals surface area contributed by atoms with Crippen molar-refractivity contribution in [3.05, 3.63) is 11.5 Å². The largest absolute Gasteiger partial charge is 0.491 e. The highest BCUT2D eigenvalue weighted by molar-refractivity contribution is 5.14. The maximum Gasteiger partial charge on any atom is 0.218 e. The summed E-state index contributed by atoms with van der Waals surface area (Å²) in [5.41, 5.74) is 0. The Morgan fingerprint density at radius 1 is 0.909 bits per heavy atom. The van der Waals surface area contributed by atoms with E-state index in [4.69, 9.17) is 14.2 Å². The number of ether oxygens (including phenoxy) is 3. The van der Waals surface area contributed by atoms with Crippen molar-refractivity contribution in [2.24, 2.45) is 0 Å². The average Bonchev–Trinajstić information content (AvgIpc) is 2.52. The Morgan fingerprint density at radius 3 is 1.95 bits per heavy atom. The van der Waals surface area contributed by atoms with E-state index < -0.39 is 25.1 Å². The van der Waals surface area contributed by atoms with E-state index in [1.807, 2.05) is 0 Å². The Balaban J connectivity index is 2.72. The fourth-order valence-electron chi connectivity index (χ4n) is 2.25. The molecule has 0 radical (unpaired) electrons. The lowest BCUT2D eigenvalue weighted by Crippen LogP contribution is -2.44. The summed E-state index contributed by atoms with van der Waals surface area (Å²) >= 11 is 0. The lowest BCUT2D eigenvalue weighted by Gasteiger charge is -2.33. The lowest BCUT2D eigenvalue weighted by atomic mass is 10.1. The van der Waals surface area contributed by atoms with E-state index in [-0.39, 0.29) is 11.5 Å². The summed E-state index contributed by atoms with van der Waals surface area (Å²) in [6.07, 6.45) is 2.55. The van der Waals surface area contributed by atoms with Crippen LogP contribution < -0.4 is 0 Å². The lowest BCUT2D eigenvalue weighted by molar-refractivity contribution is -0.196. The van der Waals surface area contributed by atoms with Crippen molar-refractivity contribution in [2.75, 3.05) is 19.8 Å². The number of aliphatic hydroxyl groups is 3. The second-order valence-electron chi connectivity index (χ2n) is 5.49. The van der Waals surface area contributed by atoms with Crippen LogP contribution in [0, 0.1) is 0 Å². The van der Waals surface area contributed by atoms with E-state index in [9.17, 15) is 15.3 Å². The van der Waals surface area contributed by atoms with Gasteiger partial charge in [-0.1, -0.05) is 39.5 Å². The Kier molecular flexibility index (Phi) is 9.47. The standard InChI is InChI=1S/C16H30O6/c1-3-5-7-9-20-14-13(18)12(11-17)22-16(19)15(14)21-10-8-6-4-2/h12-13,16-19H,3-11H2,1-2H3/t12-,13-,16+/m1/s1. The number of hydrogen-bond donors (Lipinski definition) is 3. The fraction of sp³-hybridized carbons (Fsp3) is 0.875. The molecule has 0 aliphatic carbocycles. The van der Waals surface area contributed by atoms with Crippen LogP contribution in [0.2, 0.25) is 0 Å². The minimum Gasteiger partial charge on any atom is -0.491 e. The molecule has 0 spiro atoms. The number of hydrogen-bond acceptors (Lipinski definition) is 6. The zero-order valence-electron chi connectivity index (χ0n) is 13.7. The highest BCUT2D eigenvalue weighted by atomic mass is 16.7. The van der Waals surface area contributed by atoms with Gasteiger partial charge in [0.05, 0.1) is 19.8 Å². The van der Waals surface area contributed by atoms with Gasteiger partial charge < -0.3 is 29.5 Å². The van der Waals surface area contributed by atoms with Crippen LogP contribution in [0.3, 0.4) is 0 Å². The Labute approximate surface area is 132 Å². The van der Waals surface area contributed by atoms with Gasteiger partial charge in [0, 0.05) is 0 Å². The van der Waals surface area contributed by atoms with Crippen molar-refractivity contribution < 1.29 is 29.5 Å². The van der Waals surface area contributed by atoms with E-state index in [2.05, 4.69) is 13.8 Å². The number of rotatable bonds is 11. The van der Waals surface area contributed by atoms with Crippen LogP contribution >= 0.6 is 0 Å². The summed E-state index contributed by atoms with van der Waals surface area (Å²) < 4.78 is 16.4.